The molecule has 0 spiro atoms. The van der Waals surface area contributed by atoms with Crippen LogP contribution >= 0.6 is 22.9 Å². The molecule has 3 rings (SSSR count). The lowest BCUT2D eigenvalue weighted by molar-refractivity contribution is -0.121. The molecule has 1 aliphatic rings. The van der Waals surface area contributed by atoms with Gasteiger partial charge >= 0.3 is 5.97 Å². The molecule has 0 saturated heterocycles. The van der Waals surface area contributed by atoms with E-state index in [1.807, 2.05) is 34.6 Å². The molecule has 1 heterocycles. The van der Waals surface area contributed by atoms with Crippen LogP contribution in [0.15, 0.2) is 24.3 Å². The Morgan fingerprint density at radius 1 is 1.18 bits per heavy atom. The second-order valence-corrected chi connectivity index (χ2v) is 12.5. The Morgan fingerprint density at radius 3 is 2.39 bits per heavy atom. The Morgan fingerprint density at radius 2 is 1.84 bits per heavy atom. The molecule has 0 aliphatic heterocycles. The molecule has 9 heteroatoms. The fraction of sp³-hybridized carbons (Fsp3) is 0.483. The van der Waals surface area contributed by atoms with Crippen LogP contribution in [0.5, 0.6) is 0 Å². The van der Waals surface area contributed by atoms with E-state index in [0.29, 0.717) is 35.0 Å². The third-order valence-electron chi connectivity index (χ3n) is 6.46. The minimum Gasteiger partial charge on any atom is -0.477 e. The van der Waals surface area contributed by atoms with Crippen LogP contribution in [0.1, 0.15) is 85.2 Å². The number of carboxylic acids is 1. The Hall–Kier alpha value is -2.86. The third kappa shape index (κ3) is 7.59. The highest BCUT2D eigenvalue weighted by Crippen LogP contribution is 2.37. The molecule has 4 N–H and O–H groups in total. The third-order valence-corrected chi connectivity index (χ3v) is 7.72. The summed E-state index contributed by atoms with van der Waals surface area (Å²) >= 11 is 7.13. The molecule has 1 amide bonds. The Bertz CT molecular complexity index is 1260. The fourth-order valence-corrected chi connectivity index (χ4v) is 5.36. The van der Waals surface area contributed by atoms with E-state index in [1.54, 1.807) is 23.1 Å². The summed E-state index contributed by atoms with van der Waals surface area (Å²) < 4.78 is 0. The summed E-state index contributed by atoms with van der Waals surface area (Å²) in [5.74, 6) is 4.87. The molecule has 38 heavy (non-hydrogen) atoms. The van der Waals surface area contributed by atoms with Gasteiger partial charge in [-0.1, -0.05) is 37.3 Å². The lowest BCUT2D eigenvalue weighted by Crippen LogP contribution is -2.46. The van der Waals surface area contributed by atoms with Gasteiger partial charge in [0.2, 0.25) is 0 Å². The van der Waals surface area contributed by atoms with Gasteiger partial charge in [0.05, 0.1) is 22.7 Å². The zero-order valence-corrected chi connectivity index (χ0v) is 24.1. The number of nitrogen functional groups attached to an aromatic ring is 1. The summed E-state index contributed by atoms with van der Waals surface area (Å²) in [7, 11) is 0. The number of nitrogens with two attached hydrogens (primary N) is 1. The van der Waals surface area contributed by atoms with Crippen molar-refractivity contribution in [3.05, 3.63) is 44.6 Å². The zero-order chi connectivity index (χ0) is 28.2. The number of halogens is 1. The molecule has 0 atom stereocenters. The molecule has 1 aromatic carbocycles. The largest absolute Gasteiger partial charge is 0.477 e. The van der Waals surface area contributed by atoms with E-state index in [-0.39, 0.29) is 51.2 Å². The number of hydrogen-bond donors (Lipinski definition) is 3. The number of benzene rings is 1. The number of aromatic carboxylic acids is 1. The van der Waals surface area contributed by atoms with E-state index >= 15 is 0 Å². The fourth-order valence-electron chi connectivity index (χ4n) is 4.34. The number of carboxylic acid groups (broad SMARTS) is 1. The van der Waals surface area contributed by atoms with Crippen LogP contribution in [-0.4, -0.2) is 41.4 Å². The lowest BCUT2D eigenvalue weighted by Gasteiger charge is -2.37. The summed E-state index contributed by atoms with van der Waals surface area (Å²) in [6, 6.07) is 6.30. The Balaban J connectivity index is 1.97. The summed E-state index contributed by atoms with van der Waals surface area (Å²) in [5.41, 5.74) is 6.73. The number of hydrogen-bond acceptors (Lipinski definition) is 6. The van der Waals surface area contributed by atoms with Gasteiger partial charge in [0.15, 0.2) is 0 Å². The van der Waals surface area contributed by atoms with E-state index < -0.39 is 5.97 Å². The predicted molar refractivity (Wildman–Crippen MR) is 154 cm³/mol. The van der Waals surface area contributed by atoms with Gasteiger partial charge in [0.1, 0.15) is 10.7 Å². The van der Waals surface area contributed by atoms with Crippen LogP contribution in [-0.2, 0) is 4.79 Å². The number of thiophene rings is 1. The van der Waals surface area contributed by atoms with Crippen LogP contribution in [0.3, 0.4) is 0 Å². The Kier molecular flexibility index (Phi) is 9.64. The second kappa shape index (κ2) is 12.3. The van der Waals surface area contributed by atoms with Crippen molar-refractivity contribution < 1.29 is 19.5 Å². The van der Waals surface area contributed by atoms with Crippen LogP contribution in [0.25, 0.3) is 0 Å². The van der Waals surface area contributed by atoms with Gasteiger partial charge in [0, 0.05) is 34.1 Å². The van der Waals surface area contributed by atoms with E-state index in [4.69, 9.17) is 17.3 Å². The van der Waals surface area contributed by atoms with Gasteiger partial charge in [0.25, 0.3) is 5.91 Å². The van der Waals surface area contributed by atoms with Gasteiger partial charge in [-0.3, -0.25) is 9.59 Å². The summed E-state index contributed by atoms with van der Waals surface area (Å²) in [6.07, 6.45) is 2.79. The van der Waals surface area contributed by atoms with Crippen molar-refractivity contribution in [3.8, 4) is 11.8 Å². The highest BCUT2D eigenvalue weighted by atomic mass is 35.5. The molecule has 1 aromatic heterocycles. The van der Waals surface area contributed by atoms with Gasteiger partial charge in [-0.2, -0.15) is 0 Å². The van der Waals surface area contributed by atoms with Crippen molar-refractivity contribution >= 4 is 52.0 Å². The maximum atomic E-state index is 14.0. The van der Waals surface area contributed by atoms with Gasteiger partial charge in [-0.15, -0.1) is 11.3 Å². The molecule has 2 aromatic rings. The zero-order valence-electron chi connectivity index (χ0n) is 22.6. The first kappa shape index (κ1) is 29.7. The minimum absolute atomic E-state index is 0.0274. The molecule has 1 saturated carbocycles. The van der Waals surface area contributed by atoms with Gasteiger partial charge in [-0.25, -0.2) is 4.79 Å². The maximum Gasteiger partial charge on any atom is 0.348 e. The summed E-state index contributed by atoms with van der Waals surface area (Å²) in [6.45, 7) is 10.0. The highest BCUT2D eigenvalue weighted by molar-refractivity contribution is 7.15. The number of nitrogens with zero attached hydrogens (tertiary/aromatic N) is 1. The standard InChI is InChI=1S/C29H36ClN3O4S/c1-17(2)25(34)16-32-19-7-9-20(10-8-19)33(27(35)22-11-6-18(30)14-23(22)31)24-15-21(12-13-29(3,4)5)38-26(24)28(36)37/h6,11,14-15,17,19-20,32H,7-10,16,31H2,1-5H3,(H,36,37). The van der Waals surface area contributed by atoms with E-state index in [2.05, 4.69) is 17.2 Å². The lowest BCUT2D eigenvalue weighted by atomic mass is 9.89. The van der Waals surface area contributed by atoms with Gasteiger partial charge < -0.3 is 21.1 Å². The SMILES string of the molecule is CC(C)C(=O)CNC1CCC(N(C(=O)c2ccc(Cl)cc2N)c2cc(C#CC(C)(C)C)sc2C(=O)O)CC1. The van der Waals surface area contributed by atoms with E-state index in [0.717, 1.165) is 24.2 Å². The molecule has 7 nitrogen and oxygen atoms in total. The van der Waals surface area contributed by atoms with E-state index in [1.165, 1.54) is 6.07 Å². The number of carbonyl (C=O) groups is 3. The first-order valence-corrected chi connectivity index (χ1v) is 14.0. The molecule has 1 fully saturated rings. The summed E-state index contributed by atoms with van der Waals surface area (Å²) in [5, 5.41) is 13.8. The molecular formula is C29H36ClN3O4S. The van der Waals surface area contributed by atoms with Gasteiger partial charge in [-0.05, 0) is 70.7 Å². The van der Waals surface area contributed by atoms with Crippen LogP contribution in [0, 0.1) is 23.2 Å². The predicted octanol–water partition coefficient (Wildman–Crippen LogP) is 5.85. The molecule has 1 aliphatic carbocycles. The quantitative estimate of drug-likeness (QED) is 0.277. The molecule has 0 bridgehead atoms. The highest BCUT2D eigenvalue weighted by Gasteiger charge is 2.35. The van der Waals surface area contributed by atoms with Crippen molar-refractivity contribution in [2.45, 2.75) is 72.4 Å². The van der Waals surface area contributed by atoms with Crippen LogP contribution < -0.4 is 16.0 Å². The molecule has 0 radical (unpaired) electrons. The second-order valence-electron chi connectivity index (χ2n) is 11.0. The number of ketones is 1. The number of carbonyl (C=O) groups excluding carboxylic acids is 2. The number of Topliss-reactive ketones (excluding diaryl/α,β-unsaturated/α-hetero) is 1. The Labute approximate surface area is 233 Å². The maximum absolute atomic E-state index is 14.0. The molecule has 0 unspecified atom stereocenters. The van der Waals surface area contributed by atoms with Crippen molar-refractivity contribution in [2.75, 3.05) is 17.2 Å². The topological polar surface area (TPSA) is 113 Å². The van der Waals surface area contributed by atoms with Crippen LogP contribution in [0.4, 0.5) is 11.4 Å². The number of amides is 1. The number of rotatable bonds is 8. The van der Waals surface area contributed by atoms with Crippen molar-refractivity contribution in [1.29, 1.82) is 0 Å². The molecule has 204 valence electrons. The molecular weight excluding hydrogens is 522 g/mol. The average Bonchev–Trinajstić information content (AvgIpc) is 3.26. The minimum atomic E-state index is -1.11. The normalized spacial score (nSPS) is 17.6. The first-order chi connectivity index (χ1) is 17.8. The summed E-state index contributed by atoms with van der Waals surface area (Å²) in [4.78, 5) is 40.5. The van der Waals surface area contributed by atoms with Crippen LogP contribution in [0.2, 0.25) is 5.02 Å². The van der Waals surface area contributed by atoms with Crippen molar-refractivity contribution in [3.63, 3.8) is 0 Å². The van der Waals surface area contributed by atoms with E-state index in [9.17, 15) is 19.5 Å². The van der Waals surface area contributed by atoms with Crippen molar-refractivity contribution in [2.24, 2.45) is 11.3 Å². The first-order valence-electron chi connectivity index (χ1n) is 12.8. The average molecular weight is 558 g/mol. The smallest absolute Gasteiger partial charge is 0.348 e. The number of anilines is 2. The van der Waals surface area contributed by atoms with Crippen molar-refractivity contribution in [1.82, 2.24) is 5.32 Å². The monoisotopic (exact) mass is 557 g/mol. The number of nitrogens with one attached hydrogen (secondary N) is 1.